The zero-order valence-electron chi connectivity index (χ0n) is 15.8. The van der Waals surface area contributed by atoms with Gasteiger partial charge < -0.3 is 20.3 Å². The summed E-state index contributed by atoms with van der Waals surface area (Å²) in [6.45, 7) is 3.90. The molecule has 0 aliphatic carbocycles. The van der Waals surface area contributed by atoms with Crippen molar-refractivity contribution < 1.29 is 14.3 Å². The van der Waals surface area contributed by atoms with Gasteiger partial charge in [0.05, 0.1) is 23.1 Å². The lowest BCUT2D eigenvalue weighted by Crippen LogP contribution is -2.46. The van der Waals surface area contributed by atoms with Crippen LogP contribution in [0.5, 0.6) is 0 Å². The number of nitrogens with zero attached hydrogens (tertiary/aromatic N) is 1. The van der Waals surface area contributed by atoms with Gasteiger partial charge in [-0.1, -0.05) is 18.2 Å². The summed E-state index contributed by atoms with van der Waals surface area (Å²) in [5.41, 5.74) is 2.69. The lowest BCUT2D eigenvalue weighted by atomic mass is 9.95. The number of rotatable bonds is 5. The van der Waals surface area contributed by atoms with Crippen molar-refractivity contribution in [3.05, 3.63) is 63.5 Å². The van der Waals surface area contributed by atoms with Gasteiger partial charge in [-0.15, -0.1) is 11.3 Å². The molecule has 1 aromatic carbocycles. The fourth-order valence-electron chi connectivity index (χ4n) is 2.96. The lowest BCUT2D eigenvalue weighted by Gasteiger charge is -2.35. The van der Waals surface area contributed by atoms with Gasteiger partial charge >= 0.3 is 5.97 Å². The van der Waals surface area contributed by atoms with Crippen LogP contribution < -0.4 is 10.6 Å². The third-order valence-corrected chi connectivity index (χ3v) is 5.73. The summed E-state index contributed by atoms with van der Waals surface area (Å²) in [6, 6.07) is 10.5. The van der Waals surface area contributed by atoms with Crippen LogP contribution >= 0.6 is 23.6 Å². The first-order chi connectivity index (χ1) is 13.4. The van der Waals surface area contributed by atoms with Gasteiger partial charge in [0.1, 0.15) is 0 Å². The molecule has 146 valence electrons. The monoisotopic (exact) mass is 415 g/mol. The third-order valence-electron chi connectivity index (χ3n) is 4.47. The van der Waals surface area contributed by atoms with Crippen LogP contribution in [0, 0.1) is 0 Å². The van der Waals surface area contributed by atoms with E-state index in [-0.39, 0.29) is 18.5 Å². The van der Waals surface area contributed by atoms with Crippen molar-refractivity contribution in [3.8, 4) is 0 Å². The molecule has 0 fully saturated rings. The predicted octanol–water partition coefficient (Wildman–Crippen LogP) is 3.70. The second-order valence-corrected chi connectivity index (χ2v) is 7.55. The molecule has 2 aromatic rings. The molecule has 8 heteroatoms. The summed E-state index contributed by atoms with van der Waals surface area (Å²) in [5, 5.41) is 8.46. The van der Waals surface area contributed by atoms with E-state index in [0.29, 0.717) is 21.3 Å². The van der Waals surface area contributed by atoms with Crippen LogP contribution in [0.4, 0.5) is 5.69 Å². The Hall–Kier alpha value is -2.71. The van der Waals surface area contributed by atoms with Crippen LogP contribution in [0.2, 0.25) is 0 Å². The highest BCUT2D eigenvalue weighted by Gasteiger charge is 2.33. The highest BCUT2D eigenvalue weighted by atomic mass is 32.1. The molecule has 1 amide bonds. The molecule has 2 heterocycles. The Morgan fingerprint density at radius 1 is 1.32 bits per heavy atom. The molecular formula is C20H21N3O3S2. The van der Waals surface area contributed by atoms with E-state index in [0.717, 1.165) is 11.3 Å². The Kier molecular flexibility index (Phi) is 6.11. The molecule has 0 bridgehead atoms. The summed E-state index contributed by atoms with van der Waals surface area (Å²) in [4.78, 5) is 27.3. The van der Waals surface area contributed by atoms with E-state index in [1.165, 1.54) is 11.3 Å². The molecule has 0 spiro atoms. The SMILES string of the molecule is CCOC(=O)C1=C(C)N(C)C(=S)NC1c1cccc(NC(=O)c2cccs2)c1. The van der Waals surface area contributed by atoms with Crippen molar-refractivity contribution in [2.75, 3.05) is 19.0 Å². The van der Waals surface area contributed by atoms with Crippen LogP contribution in [-0.4, -0.2) is 35.5 Å². The molecule has 1 aliphatic rings. The van der Waals surface area contributed by atoms with Crippen LogP contribution in [0.3, 0.4) is 0 Å². The number of benzene rings is 1. The fraction of sp³-hybridized carbons (Fsp3) is 0.250. The Morgan fingerprint density at radius 3 is 2.79 bits per heavy atom. The average molecular weight is 416 g/mol. The van der Waals surface area contributed by atoms with Gasteiger partial charge in [-0.3, -0.25) is 4.79 Å². The minimum atomic E-state index is -0.457. The number of allylic oxidation sites excluding steroid dienone is 1. The molecule has 1 aromatic heterocycles. The number of hydrogen-bond donors (Lipinski definition) is 2. The molecule has 1 atom stereocenters. The molecule has 1 unspecified atom stereocenters. The van der Waals surface area contributed by atoms with E-state index in [1.54, 1.807) is 24.9 Å². The Labute approximate surface area is 173 Å². The van der Waals surface area contributed by atoms with Crippen molar-refractivity contribution in [1.82, 2.24) is 10.2 Å². The molecule has 6 nitrogen and oxygen atoms in total. The van der Waals surface area contributed by atoms with Crippen molar-refractivity contribution >= 4 is 46.2 Å². The van der Waals surface area contributed by atoms with Crippen molar-refractivity contribution in [1.29, 1.82) is 0 Å². The number of thiocarbonyl (C=S) groups is 1. The van der Waals surface area contributed by atoms with E-state index < -0.39 is 6.04 Å². The lowest BCUT2D eigenvalue weighted by molar-refractivity contribution is -0.139. The van der Waals surface area contributed by atoms with Crippen LogP contribution in [-0.2, 0) is 9.53 Å². The molecular weight excluding hydrogens is 394 g/mol. The van der Waals surface area contributed by atoms with Gasteiger partial charge in [0.2, 0.25) is 0 Å². The second kappa shape index (κ2) is 8.53. The topological polar surface area (TPSA) is 70.7 Å². The fourth-order valence-corrected chi connectivity index (χ4v) is 3.83. The first-order valence-corrected chi connectivity index (χ1v) is 10.1. The number of anilines is 1. The number of esters is 1. The van der Waals surface area contributed by atoms with Crippen molar-refractivity contribution in [3.63, 3.8) is 0 Å². The van der Waals surface area contributed by atoms with E-state index in [1.807, 2.05) is 42.6 Å². The Morgan fingerprint density at radius 2 is 2.11 bits per heavy atom. The number of carbonyl (C=O) groups excluding carboxylic acids is 2. The van der Waals surface area contributed by atoms with Crippen LogP contribution in [0.25, 0.3) is 0 Å². The zero-order chi connectivity index (χ0) is 20.3. The first-order valence-electron chi connectivity index (χ1n) is 8.79. The maximum Gasteiger partial charge on any atom is 0.338 e. The summed E-state index contributed by atoms with van der Waals surface area (Å²) in [6.07, 6.45) is 0. The van der Waals surface area contributed by atoms with Gasteiger partial charge in [0.15, 0.2) is 5.11 Å². The molecule has 1 aliphatic heterocycles. The van der Waals surface area contributed by atoms with E-state index in [9.17, 15) is 9.59 Å². The maximum absolute atomic E-state index is 12.6. The number of carbonyl (C=O) groups is 2. The molecule has 28 heavy (non-hydrogen) atoms. The summed E-state index contributed by atoms with van der Waals surface area (Å²) in [5.74, 6) is -0.559. The van der Waals surface area contributed by atoms with Crippen LogP contribution in [0.15, 0.2) is 53.0 Å². The van der Waals surface area contributed by atoms with Crippen molar-refractivity contribution in [2.24, 2.45) is 0 Å². The summed E-state index contributed by atoms with van der Waals surface area (Å²) < 4.78 is 5.26. The second-order valence-electron chi connectivity index (χ2n) is 6.22. The number of hydrogen-bond acceptors (Lipinski definition) is 5. The Bertz CT molecular complexity index is 938. The summed E-state index contributed by atoms with van der Waals surface area (Å²) in [7, 11) is 1.80. The minimum absolute atomic E-state index is 0.170. The van der Waals surface area contributed by atoms with Gasteiger partial charge in [0.25, 0.3) is 5.91 Å². The number of thiophene rings is 1. The number of ether oxygens (including phenoxy) is 1. The van der Waals surface area contributed by atoms with E-state index in [4.69, 9.17) is 17.0 Å². The standard InChI is InChI=1S/C20H21N3O3S2/c1-4-26-19(25)16-12(2)23(3)20(27)22-17(16)13-7-5-8-14(11-13)21-18(24)15-9-6-10-28-15/h5-11,17H,4H2,1-3H3,(H,21,24)(H,22,27). The molecule has 2 N–H and O–H groups in total. The number of amides is 1. The predicted molar refractivity (Wildman–Crippen MR) is 114 cm³/mol. The zero-order valence-corrected chi connectivity index (χ0v) is 17.4. The van der Waals surface area contributed by atoms with Gasteiger partial charge in [-0.2, -0.15) is 0 Å². The smallest absolute Gasteiger partial charge is 0.338 e. The Balaban J connectivity index is 1.93. The highest BCUT2D eigenvalue weighted by Crippen LogP contribution is 2.32. The first kappa shape index (κ1) is 20.0. The largest absolute Gasteiger partial charge is 0.463 e. The molecule has 0 saturated heterocycles. The maximum atomic E-state index is 12.6. The normalized spacial score (nSPS) is 16.6. The average Bonchev–Trinajstić information content (AvgIpc) is 3.21. The van der Waals surface area contributed by atoms with Gasteiger partial charge in [-0.25, -0.2) is 4.79 Å². The van der Waals surface area contributed by atoms with E-state index >= 15 is 0 Å². The van der Waals surface area contributed by atoms with Crippen LogP contribution in [0.1, 0.15) is 35.1 Å². The quantitative estimate of drug-likeness (QED) is 0.573. The van der Waals surface area contributed by atoms with Gasteiger partial charge in [0, 0.05) is 18.4 Å². The molecule has 3 rings (SSSR count). The van der Waals surface area contributed by atoms with Crippen molar-refractivity contribution in [2.45, 2.75) is 19.9 Å². The highest BCUT2D eigenvalue weighted by molar-refractivity contribution is 7.80. The minimum Gasteiger partial charge on any atom is -0.463 e. The van der Waals surface area contributed by atoms with E-state index in [2.05, 4.69) is 10.6 Å². The molecule has 0 radical (unpaired) electrons. The third kappa shape index (κ3) is 4.07. The van der Waals surface area contributed by atoms with Gasteiger partial charge in [-0.05, 0) is 55.2 Å². The summed E-state index contributed by atoms with van der Waals surface area (Å²) >= 11 is 6.78. The molecule has 0 saturated carbocycles. The number of nitrogens with one attached hydrogen (secondary N) is 2.